The fourth-order valence-electron chi connectivity index (χ4n) is 2.25. The molecule has 0 aliphatic heterocycles. The highest BCUT2D eigenvalue weighted by molar-refractivity contribution is 5.21. The summed E-state index contributed by atoms with van der Waals surface area (Å²) in [7, 11) is 0. The van der Waals surface area contributed by atoms with Crippen LogP contribution in [0.25, 0.3) is 0 Å². The van der Waals surface area contributed by atoms with Crippen molar-refractivity contribution in [3.05, 3.63) is 23.3 Å². The van der Waals surface area contributed by atoms with E-state index in [2.05, 4.69) is 9.97 Å². The number of nitrogens with zero attached hydrogens (tertiary/aromatic N) is 2. The highest BCUT2D eigenvalue weighted by Gasteiger charge is 2.19. The molecule has 1 aliphatic rings. The fourth-order valence-corrected chi connectivity index (χ4v) is 2.25. The summed E-state index contributed by atoms with van der Waals surface area (Å²) >= 11 is 0. The van der Waals surface area contributed by atoms with Crippen molar-refractivity contribution in [3.63, 3.8) is 0 Å². The van der Waals surface area contributed by atoms with Crippen molar-refractivity contribution in [2.45, 2.75) is 32.6 Å². The molecule has 4 heteroatoms. The van der Waals surface area contributed by atoms with Crippen LogP contribution >= 0.6 is 0 Å². The Balaban J connectivity index is 2.00. The number of rotatable bonds is 5. The first-order valence-corrected chi connectivity index (χ1v) is 6.45. The van der Waals surface area contributed by atoms with Gasteiger partial charge in [-0.1, -0.05) is 0 Å². The first-order valence-electron chi connectivity index (χ1n) is 6.45. The molecule has 1 aromatic heterocycles. The molecule has 0 saturated heterocycles. The molecule has 0 bridgehead atoms. The Hall–Kier alpha value is -1.00. The lowest BCUT2D eigenvalue weighted by atomic mass is 9.87. The molecule has 0 amide bonds. The van der Waals surface area contributed by atoms with Crippen molar-refractivity contribution in [2.75, 3.05) is 19.8 Å². The first kappa shape index (κ1) is 12.5. The van der Waals surface area contributed by atoms with Crippen molar-refractivity contribution < 1.29 is 4.74 Å². The predicted octanol–water partition coefficient (Wildman–Crippen LogP) is 1.12. The van der Waals surface area contributed by atoms with E-state index in [1.807, 2.05) is 13.1 Å². The van der Waals surface area contributed by atoms with Gasteiger partial charge in [-0.05, 0) is 44.2 Å². The van der Waals surface area contributed by atoms with Gasteiger partial charge in [0.25, 0.3) is 0 Å². The van der Waals surface area contributed by atoms with Gasteiger partial charge in [0.15, 0.2) is 0 Å². The Morgan fingerprint density at radius 3 is 3.18 bits per heavy atom. The molecule has 0 aromatic carbocycles. The molecule has 2 rings (SSSR count). The molecule has 2 N–H and O–H groups in total. The first-order chi connectivity index (χ1) is 8.33. The minimum atomic E-state index is 0.611. The van der Waals surface area contributed by atoms with Crippen LogP contribution in [0.2, 0.25) is 0 Å². The molecule has 0 spiro atoms. The molecule has 0 radical (unpaired) electrons. The van der Waals surface area contributed by atoms with Gasteiger partial charge in [-0.15, -0.1) is 0 Å². The predicted molar refractivity (Wildman–Crippen MR) is 66.8 cm³/mol. The van der Waals surface area contributed by atoms with E-state index < -0.39 is 0 Å². The summed E-state index contributed by atoms with van der Waals surface area (Å²) in [6, 6.07) is 0. The standard InChI is InChI=1S/C13H21N3O/c1-2-17-6-5-13-15-9-11-7-10(8-14)3-4-12(11)16-13/h9-10H,2-8,14H2,1H3. The minimum absolute atomic E-state index is 0.611. The molecule has 4 nitrogen and oxygen atoms in total. The van der Waals surface area contributed by atoms with E-state index in [1.165, 1.54) is 11.3 Å². The van der Waals surface area contributed by atoms with Crippen molar-refractivity contribution in [1.29, 1.82) is 0 Å². The Morgan fingerprint density at radius 2 is 2.41 bits per heavy atom. The van der Waals surface area contributed by atoms with Gasteiger partial charge in [-0.2, -0.15) is 0 Å². The maximum absolute atomic E-state index is 5.71. The lowest BCUT2D eigenvalue weighted by Crippen LogP contribution is -2.23. The normalized spacial score (nSPS) is 19.1. The average Bonchev–Trinajstić information content (AvgIpc) is 2.38. The van der Waals surface area contributed by atoms with Gasteiger partial charge in [0.05, 0.1) is 6.61 Å². The van der Waals surface area contributed by atoms with Gasteiger partial charge in [-0.25, -0.2) is 9.97 Å². The Morgan fingerprint density at radius 1 is 1.53 bits per heavy atom. The summed E-state index contributed by atoms with van der Waals surface area (Å²) in [5.74, 6) is 1.52. The van der Waals surface area contributed by atoms with E-state index in [0.29, 0.717) is 12.5 Å². The largest absolute Gasteiger partial charge is 0.381 e. The Kier molecular flexibility index (Phi) is 4.45. The highest BCUT2D eigenvalue weighted by Crippen LogP contribution is 2.22. The maximum atomic E-state index is 5.71. The number of aromatic nitrogens is 2. The molecular weight excluding hydrogens is 214 g/mol. The lowest BCUT2D eigenvalue weighted by molar-refractivity contribution is 0.149. The Labute approximate surface area is 103 Å². The molecule has 1 unspecified atom stereocenters. The number of ether oxygens (including phenoxy) is 1. The third-order valence-corrected chi connectivity index (χ3v) is 3.31. The van der Waals surface area contributed by atoms with E-state index >= 15 is 0 Å². The molecule has 0 saturated carbocycles. The molecular formula is C13H21N3O. The average molecular weight is 235 g/mol. The van der Waals surface area contributed by atoms with E-state index in [1.54, 1.807) is 0 Å². The monoisotopic (exact) mass is 235 g/mol. The minimum Gasteiger partial charge on any atom is -0.381 e. The number of hydrogen-bond donors (Lipinski definition) is 1. The molecule has 17 heavy (non-hydrogen) atoms. The van der Waals surface area contributed by atoms with Crippen molar-refractivity contribution >= 4 is 0 Å². The van der Waals surface area contributed by atoms with E-state index in [9.17, 15) is 0 Å². The second kappa shape index (κ2) is 6.07. The van der Waals surface area contributed by atoms with Crippen LogP contribution in [0.5, 0.6) is 0 Å². The van der Waals surface area contributed by atoms with Crippen LogP contribution in [0.1, 0.15) is 30.4 Å². The molecule has 94 valence electrons. The van der Waals surface area contributed by atoms with E-state index in [4.69, 9.17) is 10.5 Å². The van der Waals surface area contributed by atoms with Crippen molar-refractivity contribution in [2.24, 2.45) is 11.7 Å². The summed E-state index contributed by atoms with van der Waals surface area (Å²) in [6.07, 6.45) is 6.03. The smallest absolute Gasteiger partial charge is 0.130 e. The van der Waals surface area contributed by atoms with E-state index in [-0.39, 0.29) is 0 Å². The highest BCUT2D eigenvalue weighted by atomic mass is 16.5. The molecule has 1 atom stereocenters. The second-order valence-electron chi connectivity index (χ2n) is 4.55. The van der Waals surface area contributed by atoms with Crippen molar-refractivity contribution in [1.82, 2.24) is 9.97 Å². The van der Waals surface area contributed by atoms with E-state index in [0.717, 1.165) is 44.7 Å². The topological polar surface area (TPSA) is 61.0 Å². The molecule has 1 heterocycles. The maximum Gasteiger partial charge on any atom is 0.130 e. The van der Waals surface area contributed by atoms with Gasteiger partial charge >= 0.3 is 0 Å². The Bertz CT molecular complexity index is 368. The van der Waals surface area contributed by atoms with Crippen LogP contribution in [-0.4, -0.2) is 29.7 Å². The summed E-state index contributed by atoms with van der Waals surface area (Å²) < 4.78 is 5.32. The molecule has 0 fully saturated rings. The van der Waals surface area contributed by atoms with Gasteiger partial charge in [0.2, 0.25) is 0 Å². The third kappa shape index (κ3) is 3.23. The van der Waals surface area contributed by atoms with Gasteiger partial charge < -0.3 is 10.5 Å². The number of aryl methyl sites for hydroxylation is 1. The zero-order valence-electron chi connectivity index (χ0n) is 10.5. The fraction of sp³-hybridized carbons (Fsp3) is 0.692. The van der Waals surface area contributed by atoms with Crippen molar-refractivity contribution in [3.8, 4) is 0 Å². The summed E-state index contributed by atoms with van der Waals surface area (Å²) in [5, 5.41) is 0. The van der Waals surface area contributed by atoms with Crippen LogP contribution in [0.4, 0.5) is 0 Å². The third-order valence-electron chi connectivity index (χ3n) is 3.31. The van der Waals surface area contributed by atoms with Crippen LogP contribution in [0, 0.1) is 5.92 Å². The number of fused-ring (bicyclic) bond motifs is 1. The summed E-state index contributed by atoms with van der Waals surface area (Å²) in [4.78, 5) is 9.02. The second-order valence-corrected chi connectivity index (χ2v) is 4.55. The molecule has 1 aromatic rings. The summed E-state index contributed by atoms with van der Waals surface area (Å²) in [6.45, 7) is 4.23. The summed E-state index contributed by atoms with van der Waals surface area (Å²) in [5.41, 5.74) is 8.22. The molecule has 1 aliphatic carbocycles. The quantitative estimate of drug-likeness (QED) is 0.777. The van der Waals surface area contributed by atoms with Gasteiger partial charge in [0, 0.05) is 24.9 Å². The van der Waals surface area contributed by atoms with Crippen LogP contribution in [0.15, 0.2) is 6.20 Å². The van der Waals surface area contributed by atoms with Gasteiger partial charge in [0.1, 0.15) is 5.82 Å². The van der Waals surface area contributed by atoms with Crippen LogP contribution in [-0.2, 0) is 24.0 Å². The lowest BCUT2D eigenvalue weighted by Gasteiger charge is -2.22. The van der Waals surface area contributed by atoms with Gasteiger partial charge in [-0.3, -0.25) is 0 Å². The van der Waals surface area contributed by atoms with Crippen LogP contribution < -0.4 is 5.73 Å². The number of nitrogens with two attached hydrogens (primary N) is 1. The zero-order valence-corrected chi connectivity index (χ0v) is 10.5. The zero-order chi connectivity index (χ0) is 12.1. The van der Waals surface area contributed by atoms with Crippen LogP contribution in [0.3, 0.4) is 0 Å². The number of hydrogen-bond acceptors (Lipinski definition) is 4. The SMILES string of the molecule is CCOCCc1ncc2c(n1)CCC(CN)C2.